The lowest BCUT2D eigenvalue weighted by Gasteiger charge is -2.08. The van der Waals surface area contributed by atoms with Crippen molar-refractivity contribution in [2.45, 2.75) is 6.42 Å². The van der Waals surface area contributed by atoms with Crippen molar-refractivity contribution in [1.29, 1.82) is 0 Å². The molecule has 0 saturated carbocycles. The van der Waals surface area contributed by atoms with Crippen LogP contribution in [-0.4, -0.2) is 34.6 Å². The molecular weight excluding hydrogens is 226 g/mol. The molecule has 0 aromatic carbocycles. The molecule has 5 nitrogen and oxygen atoms in total. The van der Waals surface area contributed by atoms with Crippen LogP contribution in [0, 0.1) is 0 Å². The highest BCUT2D eigenvalue weighted by Crippen LogP contribution is 2.15. The molecule has 1 aromatic rings. The molecule has 1 rings (SSSR count). The molecule has 0 radical (unpaired) electrons. The van der Waals surface area contributed by atoms with E-state index in [0.29, 0.717) is 18.1 Å². The minimum Gasteiger partial charge on any atom is -0.478 e. The fourth-order valence-electron chi connectivity index (χ4n) is 1.21. The van der Waals surface area contributed by atoms with Crippen LogP contribution < -0.4 is 11.1 Å². The zero-order chi connectivity index (χ0) is 12.0. The highest BCUT2D eigenvalue weighted by atomic mass is 32.2. The van der Waals surface area contributed by atoms with E-state index in [0.717, 1.165) is 12.2 Å². The van der Waals surface area contributed by atoms with Gasteiger partial charge in [0.25, 0.3) is 0 Å². The van der Waals surface area contributed by atoms with Gasteiger partial charge in [-0.1, -0.05) is 0 Å². The summed E-state index contributed by atoms with van der Waals surface area (Å²) < 4.78 is 0. The molecule has 0 unspecified atom stereocenters. The number of carbonyl (C=O) groups is 1. The van der Waals surface area contributed by atoms with Gasteiger partial charge < -0.3 is 16.2 Å². The van der Waals surface area contributed by atoms with Gasteiger partial charge in [-0.15, -0.1) is 0 Å². The van der Waals surface area contributed by atoms with Gasteiger partial charge in [0.15, 0.2) is 0 Å². The Labute approximate surface area is 98.4 Å². The number of hydrogen-bond acceptors (Lipinski definition) is 5. The lowest BCUT2D eigenvalue weighted by Crippen LogP contribution is -2.10. The maximum atomic E-state index is 10.9. The van der Waals surface area contributed by atoms with Crippen molar-refractivity contribution in [3.63, 3.8) is 0 Å². The second-order valence-corrected chi connectivity index (χ2v) is 4.23. The van der Waals surface area contributed by atoms with Crippen molar-refractivity contribution in [3.05, 3.63) is 17.8 Å². The molecule has 16 heavy (non-hydrogen) atoms. The van der Waals surface area contributed by atoms with Gasteiger partial charge in [-0.3, -0.25) is 0 Å². The standard InChI is InChI=1S/C10H15N3O2S/c1-16-4-2-3-12-9-8(10(14)15)5-7(11)6-13-9/h5-6H,2-4,11H2,1H3,(H,12,13)(H,14,15). The maximum absolute atomic E-state index is 10.9. The number of nitrogen functional groups attached to an aromatic ring is 1. The molecule has 0 atom stereocenters. The summed E-state index contributed by atoms with van der Waals surface area (Å²) in [5.74, 6) is 0.389. The minimum atomic E-state index is -1.02. The normalized spacial score (nSPS) is 10.1. The maximum Gasteiger partial charge on any atom is 0.339 e. The Morgan fingerprint density at radius 1 is 1.69 bits per heavy atom. The zero-order valence-electron chi connectivity index (χ0n) is 9.06. The van der Waals surface area contributed by atoms with Gasteiger partial charge in [-0.05, 0) is 24.5 Å². The Morgan fingerprint density at radius 2 is 2.44 bits per heavy atom. The van der Waals surface area contributed by atoms with Crippen LogP contribution in [0.1, 0.15) is 16.8 Å². The largest absolute Gasteiger partial charge is 0.478 e. The fraction of sp³-hybridized carbons (Fsp3) is 0.400. The van der Waals surface area contributed by atoms with Gasteiger partial charge in [0.2, 0.25) is 0 Å². The average Bonchev–Trinajstić information content (AvgIpc) is 2.26. The molecule has 0 fully saturated rings. The lowest BCUT2D eigenvalue weighted by atomic mass is 10.2. The molecule has 0 spiro atoms. The third kappa shape index (κ3) is 3.62. The van der Waals surface area contributed by atoms with Crippen LogP contribution in [0.4, 0.5) is 11.5 Å². The Bertz CT molecular complexity index is 371. The number of aromatic nitrogens is 1. The van der Waals surface area contributed by atoms with E-state index in [4.69, 9.17) is 10.8 Å². The smallest absolute Gasteiger partial charge is 0.339 e. The highest BCUT2D eigenvalue weighted by Gasteiger charge is 2.11. The Balaban J connectivity index is 2.67. The topological polar surface area (TPSA) is 88.2 Å². The Morgan fingerprint density at radius 3 is 3.06 bits per heavy atom. The third-order valence-corrected chi connectivity index (χ3v) is 2.65. The van der Waals surface area contributed by atoms with Crippen LogP contribution >= 0.6 is 11.8 Å². The summed E-state index contributed by atoms with van der Waals surface area (Å²) in [5, 5.41) is 11.9. The van der Waals surface area contributed by atoms with Crippen molar-refractivity contribution in [2.24, 2.45) is 0 Å². The summed E-state index contributed by atoms with van der Waals surface area (Å²) in [5.41, 5.74) is 5.95. The van der Waals surface area contributed by atoms with Gasteiger partial charge in [0.05, 0.1) is 11.9 Å². The summed E-state index contributed by atoms with van der Waals surface area (Å²) >= 11 is 1.75. The molecule has 0 aliphatic heterocycles. The first kappa shape index (κ1) is 12.6. The average molecular weight is 241 g/mol. The van der Waals surface area contributed by atoms with Crippen LogP contribution in [0.3, 0.4) is 0 Å². The molecule has 1 heterocycles. The monoisotopic (exact) mass is 241 g/mol. The first-order valence-electron chi connectivity index (χ1n) is 4.86. The van der Waals surface area contributed by atoms with E-state index in [-0.39, 0.29) is 5.56 Å². The van der Waals surface area contributed by atoms with Crippen LogP contribution in [0.2, 0.25) is 0 Å². The number of carboxylic acids is 1. The van der Waals surface area contributed by atoms with Crippen molar-refractivity contribution in [3.8, 4) is 0 Å². The van der Waals surface area contributed by atoms with Crippen LogP contribution in [-0.2, 0) is 0 Å². The van der Waals surface area contributed by atoms with Gasteiger partial charge in [0, 0.05) is 6.54 Å². The summed E-state index contributed by atoms with van der Waals surface area (Å²) in [6, 6.07) is 1.41. The minimum absolute atomic E-state index is 0.115. The number of nitrogens with one attached hydrogen (secondary N) is 1. The first-order valence-corrected chi connectivity index (χ1v) is 6.26. The molecule has 88 valence electrons. The van der Waals surface area contributed by atoms with Gasteiger partial charge in [0.1, 0.15) is 11.4 Å². The number of pyridine rings is 1. The van der Waals surface area contributed by atoms with E-state index in [1.165, 1.54) is 12.3 Å². The number of thioether (sulfide) groups is 1. The molecule has 0 saturated heterocycles. The molecule has 0 bridgehead atoms. The van der Waals surface area contributed by atoms with E-state index in [1.54, 1.807) is 11.8 Å². The predicted octanol–water partition coefficient (Wildman–Crippen LogP) is 1.53. The number of rotatable bonds is 6. The zero-order valence-corrected chi connectivity index (χ0v) is 9.88. The molecule has 4 N–H and O–H groups in total. The summed E-state index contributed by atoms with van der Waals surface area (Å²) in [4.78, 5) is 14.9. The molecule has 1 aromatic heterocycles. The van der Waals surface area contributed by atoms with Crippen molar-refractivity contribution >= 4 is 29.2 Å². The lowest BCUT2D eigenvalue weighted by molar-refractivity contribution is 0.0697. The Kier molecular flexibility index (Phi) is 4.91. The predicted molar refractivity (Wildman–Crippen MR) is 67.1 cm³/mol. The van der Waals surface area contributed by atoms with Crippen LogP contribution in [0.15, 0.2) is 12.3 Å². The van der Waals surface area contributed by atoms with Crippen molar-refractivity contribution in [1.82, 2.24) is 4.98 Å². The van der Waals surface area contributed by atoms with Crippen molar-refractivity contribution in [2.75, 3.05) is 29.6 Å². The second-order valence-electron chi connectivity index (χ2n) is 3.24. The number of carboxylic acid groups (broad SMARTS) is 1. The van der Waals surface area contributed by atoms with Gasteiger partial charge >= 0.3 is 5.97 Å². The quantitative estimate of drug-likeness (QED) is 0.654. The number of hydrogen-bond donors (Lipinski definition) is 3. The Hall–Kier alpha value is -1.43. The molecule has 0 aliphatic rings. The van der Waals surface area contributed by atoms with E-state index >= 15 is 0 Å². The number of nitrogens with zero attached hydrogens (tertiary/aromatic N) is 1. The van der Waals surface area contributed by atoms with Gasteiger partial charge in [-0.2, -0.15) is 11.8 Å². The molecular formula is C10H15N3O2S. The summed E-state index contributed by atoms with van der Waals surface area (Å²) in [6.07, 6.45) is 4.44. The number of aromatic carboxylic acids is 1. The third-order valence-electron chi connectivity index (χ3n) is 1.96. The molecule has 0 amide bonds. The SMILES string of the molecule is CSCCCNc1ncc(N)cc1C(=O)O. The second kappa shape index (κ2) is 6.22. The van der Waals surface area contributed by atoms with Gasteiger partial charge in [-0.25, -0.2) is 9.78 Å². The summed E-state index contributed by atoms with van der Waals surface area (Å²) in [6.45, 7) is 0.706. The number of nitrogens with two attached hydrogens (primary N) is 1. The fourth-order valence-corrected chi connectivity index (χ4v) is 1.64. The van der Waals surface area contributed by atoms with E-state index in [1.807, 2.05) is 6.26 Å². The van der Waals surface area contributed by atoms with E-state index < -0.39 is 5.97 Å². The van der Waals surface area contributed by atoms with Crippen LogP contribution in [0.25, 0.3) is 0 Å². The van der Waals surface area contributed by atoms with Crippen molar-refractivity contribution < 1.29 is 9.90 Å². The number of anilines is 2. The molecule has 0 aliphatic carbocycles. The first-order chi connectivity index (χ1) is 7.65. The molecule has 6 heteroatoms. The van der Waals surface area contributed by atoms with E-state index in [2.05, 4.69) is 10.3 Å². The summed E-state index contributed by atoms with van der Waals surface area (Å²) in [7, 11) is 0. The van der Waals surface area contributed by atoms with Crippen LogP contribution in [0.5, 0.6) is 0 Å². The van der Waals surface area contributed by atoms with E-state index in [9.17, 15) is 4.79 Å². The highest BCUT2D eigenvalue weighted by molar-refractivity contribution is 7.98.